The first-order valence-corrected chi connectivity index (χ1v) is 8.36. The van der Waals surface area contributed by atoms with Crippen molar-refractivity contribution in [2.45, 2.75) is 45.3 Å². The fourth-order valence-electron chi connectivity index (χ4n) is 3.55. The van der Waals surface area contributed by atoms with Gasteiger partial charge in [0.25, 0.3) is 0 Å². The van der Waals surface area contributed by atoms with Crippen molar-refractivity contribution in [2.24, 2.45) is 5.92 Å². The summed E-state index contributed by atoms with van der Waals surface area (Å²) in [5, 5.41) is 2.95. The second-order valence-electron chi connectivity index (χ2n) is 6.42. The molecule has 1 atom stereocenters. The topological polar surface area (TPSA) is 58.6 Å². The molecule has 5 nitrogen and oxygen atoms in total. The maximum atomic E-state index is 12.9. The van der Waals surface area contributed by atoms with Gasteiger partial charge in [-0.25, -0.2) is 0 Å². The number of nitrogens with zero attached hydrogens (tertiary/aromatic N) is 1. The van der Waals surface area contributed by atoms with Crippen LogP contribution in [0.2, 0.25) is 0 Å². The van der Waals surface area contributed by atoms with Crippen molar-refractivity contribution >= 4 is 17.5 Å². The third kappa shape index (κ3) is 3.39. The summed E-state index contributed by atoms with van der Waals surface area (Å²) in [6.07, 6.45) is 2.60. The Kier molecular flexibility index (Phi) is 4.66. The quantitative estimate of drug-likeness (QED) is 0.923. The summed E-state index contributed by atoms with van der Waals surface area (Å²) < 4.78 is 5.56. The molecule has 1 aromatic rings. The number of para-hydroxylation sites is 1. The monoisotopic (exact) mass is 316 g/mol. The number of benzene rings is 1. The molecule has 0 bridgehead atoms. The molecule has 0 saturated heterocycles. The Balaban J connectivity index is 1.74. The van der Waals surface area contributed by atoms with Crippen LogP contribution < -0.4 is 10.2 Å². The van der Waals surface area contributed by atoms with Gasteiger partial charge in [-0.2, -0.15) is 0 Å². The van der Waals surface area contributed by atoms with Crippen LogP contribution in [0.25, 0.3) is 0 Å². The molecule has 23 heavy (non-hydrogen) atoms. The van der Waals surface area contributed by atoms with E-state index in [1.807, 2.05) is 36.1 Å². The Hall–Kier alpha value is -1.88. The predicted molar refractivity (Wildman–Crippen MR) is 88.2 cm³/mol. The fraction of sp³-hybridized carbons (Fsp3) is 0.556. The lowest BCUT2D eigenvalue weighted by Crippen LogP contribution is -2.53. The number of hydrogen-bond acceptors (Lipinski definition) is 3. The molecule has 1 N–H and O–H groups in total. The number of ether oxygens (including phenoxy) is 1. The second-order valence-corrected chi connectivity index (χ2v) is 6.42. The molecule has 124 valence electrons. The molecule has 5 heteroatoms. The summed E-state index contributed by atoms with van der Waals surface area (Å²) >= 11 is 0. The van der Waals surface area contributed by atoms with E-state index in [-0.39, 0.29) is 29.9 Å². The van der Waals surface area contributed by atoms with E-state index in [4.69, 9.17) is 4.74 Å². The van der Waals surface area contributed by atoms with E-state index < -0.39 is 0 Å². The number of anilines is 1. The Morgan fingerprint density at radius 2 is 2.04 bits per heavy atom. The molecule has 3 rings (SSSR count). The number of fused-ring (bicyclic) bond motifs is 1. The number of carbonyl (C=O) groups is 2. The van der Waals surface area contributed by atoms with Crippen LogP contribution in [0.1, 0.15) is 32.3 Å². The van der Waals surface area contributed by atoms with Crippen LogP contribution in [0.5, 0.6) is 0 Å². The summed E-state index contributed by atoms with van der Waals surface area (Å²) in [6.45, 7) is 4.74. The largest absolute Gasteiger partial charge is 0.378 e. The molecule has 0 aromatic heterocycles. The molecular weight excluding hydrogens is 292 g/mol. The molecule has 1 fully saturated rings. The number of rotatable bonds is 4. The van der Waals surface area contributed by atoms with E-state index in [9.17, 15) is 9.59 Å². The van der Waals surface area contributed by atoms with Crippen molar-refractivity contribution in [2.75, 3.05) is 18.1 Å². The second kappa shape index (κ2) is 6.71. The van der Waals surface area contributed by atoms with E-state index in [1.165, 1.54) is 6.92 Å². The highest BCUT2D eigenvalue weighted by Crippen LogP contribution is 2.35. The third-order valence-corrected chi connectivity index (χ3v) is 4.67. The number of nitrogens with one attached hydrogen (secondary N) is 1. The van der Waals surface area contributed by atoms with Crippen molar-refractivity contribution in [3.63, 3.8) is 0 Å². The van der Waals surface area contributed by atoms with Gasteiger partial charge in [0.2, 0.25) is 11.8 Å². The van der Waals surface area contributed by atoms with Gasteiger partial charge in [-0.05, 0) is 37.8 Å². The van der Waals surface area contributed by atoms with E-state index >= 15 is 0 Å². The first-order chi connectivity index (χ1) is 11.1. The molecule has 1 saturated carbocycles. The standard InChI is InChI=1S/C18H24N2O3/c1-3-23-16-9-14(10-16)18(22)20-11-15(19-12(2)21)8-13-6-4-5-7-17(13)20/h4-7,14-16H,3,8-11H2,1-2H3,(H,19,21). The van der Waals surface area contributed by atoms with Gasteiger partial charge in [0.05, 0.1) is 12.1 Å². The maximum Gasteiger partial charge on any atom is 0.230 e. The maximum absolute atomic E-state index is 12.9. The number of amides is 2. The van der Waals surface area contributed by atoms with Crippen LogP contribution in [0, 0.1) is 5.92 Å². The lowest BCUT2D eigenvalue weighted by molar-refractivity contribution is -0.131. The minimum absolute atomic E-state index is 0.0193. The van der Waals surface area contributed by atoms with Crippen LogP contribution in [0.4, 0.5) is 5.69 Å². The van der Waals surface area contributed by atoms with E-state index in [1.54, 1.807) is 0 Å². The number of carbonyl (C=O) groups excluding carboxylic acids is 2. The molecule has 0 radical (unpaired) electrons. The predicted octanol–water partition coefficient (Wildman–Crippen LogP) is 1.90. The zero-order valence-corrected chi connectivity index (χ0v) is 13.7. The molecule has 1 aromatic carbocycles. The Bertz CT molecular complexity index is 596. The van der Waals surface area contributed by atoms with Gasteiger partial charge in [-0.15, -0.1) is 0 Å². The molecule has 1 heterocycles. The zero-order chi connectivity index (χ0) is 16.4. The lowest BCUT2D eigenvalue weighted by Gasteiger charge is -2.41. The van der Waals surface area contributed by atoms with Gasteiger partial charge >= 0.3 is 0 Å². The zero-order valence-electron chi connectivity index (χ0n) is 13.7. The van der Waals surface area contributed by atoms with E-state index in [0.717, 1.165) is 30.5 Å². The molecule has 2 aliphatic rings. The average molecular weight is 316 g/mol. The molecule has 1 aliphatic heterocycles. The van der Waals surface area contributed by atoms with Crippen molar-refractivity contribution in [3.05, 3.63) is 29.8 Å². The van der Waals surface area contributed by atoms with Crippen molar-refractivity contribution < 1.29 is 14.3 Å². The van der Waals surface area contributed by atoms with Crippen LogP contribution in [0.3, 0.4) is 0 Å². The van der Waals surface area contributed by atoms with Gasteiger partial charge in [0.1, 0.15) is 0 Å². The SMILES string of the molecule is CCOC1CC(C(=O)N2CC(NC(C)=O)Cc3ccccc32)C1. The van der Waals surface area contributed by atoms with Gasteiger partial charge in [-0.1, -0.05) is 18.2 Å². The Morgan fingerprint density at radius 3 is 2.74 bits per heavy atom. The highest BCUT2D eigenvalue weighted by molar-refractivity contribution is 5.97. The van der Waals surface area contributed by atoms with E-state index in [0.29, 0.717) is 13.2 Å². The van der Waals surface area contributed by atoms with Gasteiger partial charge < -0.3 is 15.0 Å². The van der Waals surface area contributed by atoms with Gasteiger partial charge in [0, 0.05) is 31.7 Å². The first kappa shape index (κ1) is 16.0. The summed E-state index contributed by atoms with van der Waals surface area (Å²) in [5.74, 6) is 0.140. The smallest absolute Gasteiger partial charge is 0.230 e. The minimum Gasteiger partial charge on any atom is -0.378 e. The van der Waals surface area contributed by atoms with Crippen LogP contribution in [-0.2, 0) is 20.7 Å². The van der Waals surface area contributed by atoms with Crippen LogP contribution >= 0.6 is 0 Å². The Morgan fingerprint density at radius 1 is 1.30 bits per heavy atom. The highest BCUT2D eigenvalue weighted by Gasteiger charge is 2.39. The Labute approximate surface area is 137 Å². The average Bonchev–Trinajstić information content (AvgIpc) is 2.48. The summed E-state index contributed by atoms with van der Waals surface area (Å²) in [5.41, 5.74) is 2.10. The summed E-state index contributed by atoms with van der Waals surface area (Å²) in [7, 11) is 0. The van der Waals surface area contributed by atoms with Crippen molar-refractivity contribution in [3.8, 4) is 0 Å². The number of hydrogen-bond donors (Lipinski definition) is 1. The van der Waals surface area contributed by atoms with E-state index in [2.05, 4.69) is 5.32 Å². The van der Waals surface area contributed by atoms with Gasteiger partial charge in [-0.3, -0.25) is 9.59 Å². The van der Waals surface area contributed by atoms with Crippen molar-refractivity contribution in [1.82, 2.24) is 5.32 Å². The normalized spacial score (nSPS) is 26.2. The molecule has 1 unspecified atom stereocenters. The van der Waals surface area contributed by atoms with Crippen LogP contribution in [0.15, 0.2) is 24.3 Å². The molecule has 2 amide bonds. The van der Waals surface area contributed by atoms with Gasteiger partial charge in [0.15, 0.2) is 0 Å². The minimum atomic E-state index is -0.0539. The molecular formula is C18H24N2O3. The van der Waals surface area contributed by atoms with Crippen LogP contribution in [-0.4, -0.2) is 37.1 Å². The molecule has 1 aliphatic carbocycles. The lowest BCUT2D eigenvalue weighted by atomic mass is 9.80. The fourth-order valence-corrected chi connectivity index (χ4v) is 3.55. The highest BCUT2D eigenvalue weighted by atomic mass is 16.5. The summed E-state index contributed by atoms with van der Waals surface area (Å²) in [4.78, 5) is 26.1. The first-order valence-electron chi connectivity index (χ1n) is 8.36. The summed E-state index contributed by atoms with van der Waals surface area (Å²) in [6, 6.07) is 7.95. The molecule has 0 spiro atoms. The van der Waals surface area contributed by atoms with Crippen molar-refractivity contribution in [1.29, 1.82) is 0 Å². The third-order valence-electron chi connectivity index (χ3n) is 4.67.